The van der Waals surface area contributed by atoms with E-state index in [0.29, 0.717) is 11.3 Å². The molecule has 2 rings (SSSR count). The predicted molar refractivity (Wildman–Crippen MR) is 72.7 cm³/mol. The molecule has 1 amide bonds. The Kier molecular flexibility index (Phi) is 3.66. The van der Waals surface area contributed by atoms with Gasteiger partial charge in [0.05, 0.1) is 5.02 Å². The zero-order valence-corrected chi connectivity index (χ0v) is 10.8. The molecule has 0 saturated carbocycles. The highest BCUT2D eigenvalue weighted by Gasteiger charge is 2.13. The van der Waals surface area contributed by atoms with Crippen molar-refractivity contribution in [3.05, 3.63) is 52.4 Å². The second kappa shape index (κ2) is 5.24. The second-order valence-corrected chi connectivity index (χ2v) is 4.45. The third kappa shape index (κ3) is 3.20. The lowest BCUT2D eigenvalue weighted by atomic mass is 10.2. The van der Waals surface area contributed by atoms with Crippen LogP contribution >= 0.6 is 11.6 Å². The SMILES string of the molecule is Cc1cc(F)cc(NC(=O)c2nc(N)ccc2Cl)c1. The fourth-order valence-corrected chi connectivity index (χ4v) is 1.81. The van der Waals surface area contributed by atoms with Gasteiger partial charge in [-0.3, -0.25) is 4.79 Å². The third-order valence-corrected chi connectivity index (χ3v) is 2.69. The van der Waals surface area contributed by atoms with Crippen LogP contribution in [0.5, 0.6) is 0 Å². The zero-order valence-electron chi connectivity index (χ0n) is 10.1. The molecule has 3 N–H and O–H groups in total. The summed E-state index contributed by atoms with van der Waals surface area (Å²) in [6.07, 6.45) is 0. The van der Waals surface area contributed by atoms with Crippen LogP contribution in [0, 0.1) is 12.7 Å². The lowest BCUT2D eigenvalue weighted by Crippen LogP contribution is -2.15. The van der Waals surface area contributed by atoms with Crippen LogP contribution in [0.1, 0.15) is 16.1 Å². The van der Waals surface area contributed by atoms with E-state index in [0.717, 1.165) is 0 Å². The van der Waals surface area contributed by atoms with Gasteiger partial charge in [0.15, 0.2) is 0 Å². The molecule has 0 spiro atoms. The van der Waals surface area contributed by atoms with Crippen LogP contribution < -0.4 is 11.1 Å². The number of halogens is 2. The summed E-state index contributed by atoms with van der Waals surface area (Å²) in [4.78, 5) is 15.8. The Morgan fingerprint density at radius 3 is 2.79 bits per heavy atom. The Morgan fingerprint density at radius 1 is 1.37 bits per heavy atom. The van der Waals surface area contributed by atoms with E-state index in [4.69, 9.17) is 17.3 Å². The van der Waals surface area contributed by atoms with Gasteiger partial charge in [0.1, 0.15) is 17.3 Å². The lowest BCUT2D eigenvalue weighted by Gasteiger charge is -2.07. The first-order valence-electron chi connectivity index (χ1n) is 5.46. The molecule has 1 aromatic carbocycles. The maximum atomic E-state index is 13.2. The summed E-state index contributed by atoms with van der Waals surface area (Å²) in [6.45, 7) is 1.73. The summed E-state index contributed by atoms with van der Waals surface area (Å²) in [6, 6.07) is 7.19. The summed E-state index contributed by atoms with van der Waals surface area (Å²) >= 11 is 5.87. The molecule has 0 aliphatic rings. The molecule has 0 unspecified atom stereocenters. The number of hydrogen-bond donors (Lipinski definition) is 2. The number of nitrogens with one attached hydrogen (secondary N) is 1. The van der Waals surface area contributed by atoms with Gasteiger partial charge in [0.2, 0.25) is 0 Å². The number of nitrogens with zero attached hydrogens (tertiary/aromatic N) is 1. The van der Waals surface area contributed by atoms with Crippen molar-refractivity contribution in [2.75, 3.05) is 11.1 Å². The maximum absolute atomic E-state index is 13.2. The van der Waals surface area contributed by atoms with Crippen molar-refractivity contribution in [2.45, 2.75) is 6.92 Å². The summed E-state index contributed by atoms with van der Waals surface area (Å²) < 4.78 is 13.2. The fraction of sp³-hybridized carbons (Fsp3) is 0.0769. The average molecular weight is 280 g/mol. The molecule has 0 saturated heterocycles. The molecule has 0 aliphatic heterocycles. The van der Waals surface area contributed by atoms with Crippen molar-refractivity contribution < 1.29 is 9.18 Å². The highest BCUT2D eigenvalue weighted by atomic mass is 35.5. The van der Waals surface area contributed by atoms with Gasteiger partial charge in [0, 0.05) is 5.69 Å². The number of nitrogen functional groups attached to an aromatic ring is 1. The molecular weight excluding hydrogens is 269 g/mol. The van der Waals surface area contributed by atoms with E-state index in [9.17, 15) is 9.18 Å². The number of aromatic nitrogens is 1. The number of carbonyl (C=O) groups is 1. The average Bonchev–Trinajstić information content (AvgIpc) is 2.30. The maximum Gasteiger partial charge on any atom is 0.275 e. The van der Waals surface area contributed by atoms with E-state index < -0.39 is 11.7 Å². The van der Waals surface area contributed by atoms with Gasteiger partial charge in [-0.25, -0.2) is 9.37 Å². The normalized spacial score (nSPS) is 10.3. The number of anilines is 2. The van der Waals surface area contributed by atoms with E-state index in [1.165, 1.54) is 24.3 Å². The largest absolute Gasteiger partial charge is 0.384 e. The minimum atomic E-state index is -0.540. The van der Waals surface area contributed by atoms with Crippen molar-refractivity contribution in [3.8, 4) is 0 Å². The minimum Gasteiger partial charge on any atom is -0.384 e. The van der Waals surface area contributed by atoms with Crippen molar-refractivity contribution in [3.63, 3.8) is 0 Å². The van der Waals surface area contributed by atoms with Crippen LogP contribution in [0.3, 0.4) is 0 Å². The van der Waals surface area contributed by atoms with Crippen LogP contribution in [-0.4, -0.2) is 10.9 Å². The highest BCUT2D eigenvalue weighted by molar-refractivity contribution is 6.34. The predicted octanol–water partition coefficient (Wildman–Crippen LogP) is 3.02. The molecule has 0 fully saturated rings. The molecule has 2 aromatic rings. The molecule has 0 radical (unpaired) electrons. The summed E-state index contributed by atoms with van der Waals surface area (Å²) in [5.74, 6) is -0.783. The molecule has 0 atom stereocenters. The van der Waals surface area contributed by atoms with Crippen molar-refractivity contribution >= 4 is 29.0 Å². The summed E-state index contributed by atoms with van der Waals surface area (Å²) in [5.41, 5.74) is 6.53. The molecule has 1 aromatic heterocycles. The van der Waals surface area contributed by atoms with Gasteiger partial charge < -0.3 is 11.1 Å². The molecule has 98 valence electrons. The molecule has 0 aliphatic carbocycles. The van der Waals surface area contributed by atoms with Crippen LogP contribution in [0.25, 0.3) is 0 Å². The monoisotopic (exact) mass is 279 g/mol. The first-order chi connectivity index (χ1) is 8.95. The first kappa shape index (κ1) is 13.3. The van der Waals surface area contributed by atoms with Crippen LogP contribution in [0.4, 0.5) is 15.9 Å². The standard InChI is InChI=1S/C13H11ClFN3O/c1-7-4-8(15)6-9(5-7)17-13(19)12-10(14)2-3-11(16)18-12/h2-6H,1H3,(H2,16,18)(H,17,19). The number of carbonyl (C=O) groups excluding carboxylic acids is 1. The number of amides is 1. The van der Waals surface area contributed by atoms with Gasteiger partial charge in [-0.05, 0) is 42.8 Å². The smallest absolute Gasteiger partial charge is 0.275 e. The zero-order chi connectivity index (χ0) is 14.0. The van der Waals surface area contributed by atoms with Gasteiger partial charge in [-0.15, -0.1) is 0 Å². The number of aryl methyl sites for hydroxylation is 1. The van der Waals surface area contributed by atoms with E-state index in [1.807, 2.05) is 0 Å². The topological polar surface area (TPSA) is 68.0 Å². The highest BCUT2D eigenvalue weighted by Crippen LogP contribution is 2.18. The van der Waals surface area contributed by atoms with E-state index in [-0.39, 0.29) is 16.5 Å². The molecular formula is C13H11ClFN3O. The van der Waals surface area contributed by atoms with Crippen LogP contribution in [0.15, 0.2) is 30.3 Å². The van der Waals surface area contributed by atoms with Crippen molar-refractivity contribution in [1.29, 1.82) is 0 Å². The second-order valence-electron chi connectivity index (χ2n) is 4.04. The molecule has 6 heteroatoms. The quantitative estimate of drug-likeness (QED) is 0.888. The molecule has 19 heavy (non-hydrogen) atoms. The lowest BCUT2D eigenvalue weighted by molar-refractivity contribution is 0.102. The van der Waals surface area contributed by atoms with Crippen LogP contribution in [-0.2, 0) is 0 Å². The fourth-order valence-electron chi connectivity index (χ4n) is 1.62. The Hall–Kier alpha value is -2.14. The number of nitrogens with two attached hydrogens (primary N) is 1. The number of rotatable bonds is 2. The summed E-state index contributed by atoms with van der Waals surface area (Å²) in [5, 5.41) is 2.71. The van der Waals surface area contributed by atoms with Gasteiger partial charge in [-0.2, -0.15) is 0 Å². The number of hydrogen-bond acceptors (Lipinski definition) is 3. The Morgan fingerprint density at radius 2 is 2.11 bits per heavy atom. The third-order valence-electron chi connectivity index (χ3n) is 2.38. The first-order valence-corrected chi connectivity index (χ1v) is 5.84. The van der Waals surface area contributed by atoms with Gasteiger partial charge in [0.25, 0.3) is 5.91 Å². The van der Waals surface area contributed by atoms with Crippen molar-refractivity contribution in [2.24, 2.45) is 0 Å². The number of pyridine rings is 1. The van der Waals surface area contributed by atoms with E-state index in [1.54, 1.807) is 13.0 Å². The minimum absolute atomic E-state index is 0.00332. The molecule has 4 nitrogen and oxygen atoms in total. The Bertz CT molecular complexity index is 626. The molecule has 1 heterocycles. The van der Waals surface area contributed by atoms with E-state index >= 15 is 0 Å². The van der Waals surface area contributed by atoms with Gasteiger partial charge >= 0.3 is 0 Å². The Labute approximate surface area is 114 Å². The van der Waals surface area contributed by atoms with Crippen molar-refractivity contribution in [1.82, 2.24) is 4.98 Å². The van der Waals surface area contributed by atoms with Gasteiger partial charge in [-0.1, -0.05) is 11.6 Å². The number of benzene rings is 1. The van der Waals surface area contributed by atoms with Crippen LogP contribution in [0.2, 0.25) is 5.02 Å². The summed E-state index contributed by atoms with van der Waals surface area (Å²) in [7, 11) is 0. The Balaban J connectivity index is 2.28. The molecule has 0 bridgehead atoms. The van der Waals surface area contributed by atoms with E-state index in [2.05, 4.69) is 10.3 Å².